The Morgan fingerprint density at radius 3 is 2.20 bits per heavy atom. The van der Waals surface area contributed by atoms with E-state index in [9.17, 15) is 18.0 Å². The van der Waals surface area contributed by atoms with Crippen molar-refractivity contribution in [2.24, 2.45) is 0 Å². The summed E-state index contributed by atoms with van der Waals surface area (Å²) in [5.41, 5.74) is 3.99. The van der Waals surface area contributed by atoms with E-state index in [1.165, 1.54) is 24.1 Å². The quantitative estimate of drug-likeness (QED) is 0.163. The number of hydrogen-bond donors (Lipinski definition) is 1. The van der Waals surface area contributed by atoms with Crippen LogP contribution in [-0.4, -0.2) is 51.4 Å². The molecule has 4 aromatic carbocycles. The van der Waals surface area contributed by atoms with Crippen LogP contribution >= 0.6 is 15.9 Å². The second-order valence-corrected chi connectivity index (χ2v) is 13.9. The molecule has 242 valence electrons. The minimum Gasteiger partial charge on any atom is -0.496 e. The molecule has 46 heavy (non-hydrogen) atoms. The molecule has 0 bridgehead atoms. The van der Waals surface area contributed by atoms with Crippen LogP contribution < -0.4 is 14.4 Å². The number of halogens is 1. The van der Waals surface area contributed by atoms with E-state index in [1.807, 2.05) is 75.4 Å². The number of carbonyl (C=O) groups excluding carboxylic acids is 2. The van der Waals surface area contributed by atoms with Crippen LogP contribution in [0.2, 0.25) is 0 Å². The molecule has 0 saturated heterocycles. The largest absolute Gasteiger partial charge is 0.496 e. The van der Waals surface area contributed by atoms with Crippen LogP contribution in [0.3, 0.4) is 0 Å². The maximum absolute atomic E-state index is 14.5. The number of ether oxygens (including phenoxy) is 1. The van der Waals surface area contributed by atoms with Crippen LogP contribution in [0.4, 0.5) is 5.69 Å². The molecule has 0 aromatic heterocycles. The molecule has 0 aliphatic carbocycles. The van der Waals surface area contributed by atoms with E-state index in [-0.39, 0.29) is 23.8 Å². The Hall–Kier alpha value is -4.15. The number of nitrogens with zero attached hydrogens (tertiary/aromatic N) is 2. The van der Waals surface area contributed by atoms with Gasteiger partial charge in [0, 0.05) is 19.5 Å². The van der Waals surface area contributed by atoms with Gasteiger partial charge in [-0.05, 0) is 77.7 Å². The topological polar surface area (TPSA) is 96.0 Å². The fraction of sp³-hybridized carbons (Fsp3) is 0.278. The molecule has 8 nitrogen and oxygen atoms in total. The molecule has 0 radical (unpaired) electrons. The fourth-order valence-corrected chi connectivity index (χ4v) is 7.23. The van der Waals surface area contributed by atoms with E-state index in [4.69, 9.17) is 4.74 Å². The van der Waals surface area contributed by atoms with Crippen molar-refractivity contribution in [1.29, 1.82) is 0 Å². The van der Waals surface area contributed by atoms with Gasteiger partial charge in [-0.2, -0.15) is 0 Å². The second-order valence-electron chi connectivity index (χ2n) is 11.2. The normalized spacial score (nSPS) is 11.8. The highest BCUT2D eigenvalue weighted by atomic mass is 79.9. The molecule has 0 saturated carbocycles. The first-order valence-corrected chi connectivity index (χ1v) is 17.4. The van der Waals surface area contributed by atoms with Crippen molar-refractivity contribution in [3.8, 4) is 5.75 Å². The Balaban J connectivity index is 1.81. The van der Waals surface area contributed by atoms with Crippen LogP contribution in [0.5, 0.6) is 5.75 Å². The molecule has 1 N–H and O–H groups in total. The highest BCUT2D eigenvalue weighted by Gasteiger charge is 2.34. The average molecular weight is 707 g/mol. The minimum absolute atomic E-state index is 0.0136. The van der Waals surface area contributed by atoms with Crippen molar-refractivity contribution in [1.82, 2.24) is 10.2 Å². The van der Waals surface area contributed by atoms with Gasteiger partial charge in [0.05, 0.1) is 22.2 Å². The lowest BCUT2D eigenvalue weighted by Crippen LogP contribution is -2.53. The lowest BCUT2D eigenvalue weighted by atomic mass is 10.0. The number of anilines is 1. The van der Waals surface area contributed by atoms with E-state index >= 15 is 0 Å². The summed E-state index contributed by atoms with van der Waals surface area (Å²) < 4.78 is 35.4. The van der Waals surface area contributed by atoms with Gasteiger partial charge in [0.2, 0.25) is 11.8 Å². The molecule has 0 fully saturated rings. The molecule has 0 unspecified atom stereocenters. The van der Waals surface area contributed by atoms with Crippen LogP contribution in [0.25, 0.3) is 0 Å². The number of methoxy groups -OCH3 is 1. The summed E-state index contributed by atoms with van der Waals surface area (Å²) in [6, 6.07) is 27.8. The highest BCUT2D eigenvalue weighted by molar-refractivity contribution is 9.10. The molecule has 4 rings (SSSR count). The maximum Gasteiger partial charge on any atom is 0.264 e. The Morgan fingerprint density at radius 2 is 1.57 bits per heavy atom. The maximum atomic E-state index is 14.5. The van der Waals surface area contributed by atoms with Crippen molar-refractivity contribution >= 4 is 43.5 Å². The van der Waals surface area contributed by atoms with Crippen molar-refractivity contribution < 1.29 is 22.7 Å². The zero-order valence-corrected chi connectivity index (χ0v) is 29.0. The van der Waals surface area contributed by atoms with Gasteiger partial charge in [0.1, 0.15) is 18.3 Å². The van der Waals surface area contributed by atoms with Crippen molar-refractivity contribution in [3.63, 3.8) is 0 Å². The Labute approximate surface area is 280 Å². The number of rotatable bonds is 14. The summed E-state index contributed by atoms with van der Waals surface area (Å²) in [6.07, 6.45) is 0.989. The van der Waals surface area contributed by atoms with Gasteiger partial charge in [-0.1, -0.05) is 84.8 Å². The minimum atomic E-state index is -4.24. The van der Waals surface area contributed by atoms with Gasteiger partial charge in [0.15, 0.2) is 0 Å². The summed E-state index contributed by atoms with van der Waals surface area (Å²) >= 11 is 3.39. The van der Waals surface area contributed by atoms with Gasteiger partial charge in [-0.25, -0.2) is 8.42 Å². The van der Waals surface area contributed by atoms with Crippen molar-refractivity contribution in [2.75, 3.05) is 24.5 Å². The summed E-state index contributed by atoms with van der Waals surface area (Å²) in [5, 5.41) is 2.97. The number of aryl methyl sites for hydroxylation is 2. The molecular formula is C36H40BrN3O5S. The number of amides is 2. The molecular weight excluding hydrogens is 666 g/mol. The smallest absolute Gasteiger partial charge is 0.264 e. The third-order valence-corrected chi connectivity index (χ3v) is 9.96. The molecule has 1 atom stereocenters. The van der Waals surface area contributed by atoms with E-state index < -0.39 is 28.5 Å². The lowest BCUT2D eigenvalue weighted by Gasteiger charge is -2.34. The van der Waals surface area contributed by atoms with E-state index in [0.717, 1.165) is 33.0 Å². The lowest BCUT2D eigenvalue weighted by molar-refractivity contribution is -0.140. The SMILES string of the molecule is CCCNC(=O)[C@@H](Cc1ccccc1)N(Cc1cccc(C)c1)C(=O)CN(c1ccc(C)cc1)S(=O)(=O)c1ccc(OC)c(Br)c1. The van der Waals surface area contributed by atoms with Crippen LogP contribution in [0.15, 0.2) is 106 Å². The first kappa shape index (κ1) is 34.7. The number of benzene rings is 4. The molecule has 0 spiro atoms. The first-order chi connectivity index (χ1) is 22.0. The number of carbonyl (C=O) groups is 2. The molecule has 0 heterocycles. The summed E-state index contributed by atoms with van der Waals surface area (Å²) in [7, 11) is -2.74. The summed E-state index contributed by atoms with van der Waals surface area (Å²) in [6.45, 7) is 5.88. The van der Waals surface area contributed by atoms with Crippen LogP contribution in [0, 0.1) is 13.8 Å². The standard InChI is InChI=1S/C36H40BrN3O5S/c1-5-20-38-36(42)33(22-28-11-7-6-8-12-28)39(24-29-13-9-10-27(3)21-29)35(41)25-40(30-16-14-26(2)15-17-30)46(43,44)31-18-19-34(45-4)32(37)23-31/h6-19,21,23,33H,5,20,22,24-25H2,1-4H3,(H,38,42)/t33-/m1/s1. The van der Waals surface area contributed by atoms with Crippen LogP contribution in [-0.2, 0) is 32.6 Å². The van der Waals surface area contributed by atoms with Crippen LogP contribution in [0.1, 0.15) is 35.6 Å². The Bertz CT molecular complexity index is 1750. The second kappa shape index (κ2) is 15.9. The fourth-order valence-electron chi connectivity index (χ4n) is 5.10. The Kier molecular flexibility index (Phi) is 12.0. The number of sulfonamides is 1. The predicted octanol–water partition coefficient (Wildman–Crippen LogP) is 6.44. The first-order valence-electron chi connectivity index (χ1n) is 15.1. The zero-order valence-electron chi connectivity index (χ0n) is 26.6. The molecule has 4 aromatic rings. The summed E-state index contributed by atoms with van der Waals surface area (Å²) in [5.74, 6) is -0.329. The average Bonchev–Trinajstić information content (AvgIpc) is 3.05. The monoisotopic (exact) mass is 705 g/mol. The highest BCUT2D eigenvalue weighted by Crippen LogP contribution is 2.31. The Morgan fingerprint density at radius 1 is 0.870 bits per heavy atom. The van der Waals surface area contributed by atoms with Gasteiger partial charge in [-0.3, -0.25) is 13.9 Å². The van der Waals surface area contributed by atoms with Crippen molar-refractivity contribution in [2.45, 2.75) is 51.1 Å². The third-order valence-electron chi connectivity index (χ3n) is 7.57. The van der Waals surface area contributed by atoms with Gasteiger partial charge >= 0.3 is 0 Å². The number of nitrogens with one attached hydrogen (secondary N) is 1. The van der Waals surface area contributed by atoms with Gasteiger partial charge in [-0.15, -0.1) is 0 Å². The summed E-state index contributed by atoms with van der Waals surface area (Å²) in [4.78, 5) is 29.8. The van der Waals surface area contributed by atoms with E-state index in [2.05, 4.69) is 21.2 Å². The molecule has 0 aliphatic heterocycles. The van der Waals surface area contributed by atoms with E-state index in [1.54, 1.807) is 30.3 Å². The zero-order chi connectivity index (χ0) is 33.3. The van der Waals surface area contributed by atoms with Gasteiger partial charge in [0.25, 0.3) is 10.0 Å². The predicted molar refractivity (Wildman–Crippen MR) is 185 cm³/mol. The molecule has 10 heteroatoms. The third kappa shape index (κ3) is 8.76. The number of hydrogen-bond acceptors (Lipinski definition) is 5. The molecule has 0 aliphatic rings. The van der Waals surface area contributed by atoms with Gasteiger partial charge < -0.3 is 15.0 Å². The molecule has 2 amide bonds. The van der Waals surface area contributed by atoms with Crippen molar-refractivity contribution in [3.05, 3.63) is 124 Å². The van der Waals surface area contributed by atoms with E-state index in [0.29, 0.717) is 22.5 Å².